The molecule has 8 heteroatoms. The number of halogens is 2. The van der Waals surface area contributed by atoms with Crippen molar-refractivity contribution in [1.82, 2.24) is 20.2 Å². The van der Waals surface area contributed by atoms with Gasteiger partial charge in [0, 0.05) is 22.8 Å². The first kappa shape index (κ1) is 15.3. The van der Waals surface area contributed by atoms with Crippen LogP contribution in [0.5, 0.6) is 0 Å². The van der Waals surface area contributed by atoms with E-state index in [4.69, 9.17) is 0 Å². The van der Waals surface area contributed by atoms with E-state index < -0.39 is 11.7 Å². The Morgan fingerprint density at radius 3 is 2.78 bits per heavy atom. The van der Waals surface area contributed by atoms with Gasteiger partial charge in [0.05, 0.1) is 5.56 Å². The Bertz CT molecular complexity index is 880. The van der Waals surface area contributed by atoms with Crippen LogP contribution >= 0.6 is 15.9 Å². The molecule has 6 nitrogen and oxygen atoms in total. The first-order valence-corrected chi connectivity index (χ1v) is 7.43. The summed E-state index contributed by atoms with van der Waals surface area (Å²) < 4.78 is 15.9. The molecule has 1 amide bonds. The lowest BCUT2D eigenvalue weighted by molar-refractivity contribution is 0.102. The summed E-state index contributed by atoms with van der Waals surface area (Å²) in [7, 11) is 1.72. The lowest BCUT2D eigenvalue weighted by Crippen LogP contribution is -2.13. The molecule has 1 N–H and O–H groups in total. The summed E-state index contributed by atoms with van der Waals surface area (Å²) in [6, 6.07) is 11.3. The van der Waals surface area contributed by atoms with E-state index in [2.05, 4.69) is 36.8 Å². The lowest BCUT2D eigenvalue weighted by Gasteiger charge is -2.08. The highest BCUT2D eigenvalue weighted by Gasteiger charge is 2.13. The molecule has 0 fully saturated rings. The topological polar surface area (TPSA) is 72.7 Å². The quantitative estimate of drug-likeness (QED) is 0.763. The molecule has 0 atom stereocenters. The first-order chi connectivity index (χ1) is 11.0. The van der Waals surface area contributed by atoms with Gasteiger partial charge >= 0.3 is 0 Å². The molecule has 1 heterocycles. The Morgan fingerprint density at radius 1 is 1.26 bits per heavy atom. The smallest absolute Gasteiger partial charge is 0.258 e. The summed E-state index contributed by atoms with van der Waals surface area (Å²) in [6.45, 7) is 0. The highest BCUT2D eigenvalue weighted by molar-refractivity contribution is 9.10. The third-order valence-corrected chi connectivity index (χ3v) is 3.67. The second kappa shape index (κ2) is 6.25. The minimum absolute atomic E-state index is 0.0288. The van der Waals surface area contributed by atoms with Gasteiger partial charge in [-0.25, -0.2) is 9.07 Å². The highest BCUT2D eigenvalue weighted by atomic mass is 79.9. The highest BCUT2D eigenvalue weighted by Crippen LogP contribution is 2.21. The number of rotatable bonds is 3. The van der Waals surface area contributed by atoms with Crippen LogP contribution in [0.3, 0.4) is 0 Å². The maximum atomic E-state index is 13.8. The Morgan fingerprint density at radius 2 is 2.09 bits per heavy atom. The number of carbonyl (C=O) groups excluding carboxylic acids is 1. The number of carbonyl (C=O) groups is 1. The predicted octanol–water partition coefficient (Wildman–Crippen LogP) is 3.03. The third kappa shape index (κ3) is 3.26. The van der Waals surface area contributed by atoms with Gasteiger partial charge in [-0.2, -0.15) is 0 Å². The monoisotopic (exact) mass is 375 g/mol. The number of hydrogen-bond acceptors (Lipinski definition) is 4. The van der Waals surface area contributed by atoms with Crippen molar-refractivity contribution in [3.8, 4) is 11.4 Å². The first-order valence-electron chi connectivity index (χ1n) is 6.64. The van der Waals surface area contributed by atoms with E-state index in [1.54, 1.807) is 31.3 Å². The van der Waals surface area contributed by atoms with Crippen molar-refractivity contribution in [2.75, 3.05) is 5.32 Å². The van der Waals surface area contributed by atoms with Crippen LogP contribution < -0.4 is 5.32 Å². The molecule has 0 aliphatic carbocycles. The third-order valence-electron chi connectivity index (χ3n) is 3.17. The van der Waals surface area contributed by atoms with Gasteiger partial charge < -0.3 is 5.32 Å². The summed E-state index contributed by atoms with van der Waals surface area (Å²) in [4.78, 5) is 12.2. The van der Waals surface area contributed by atoms with Gasteiger partial charge in [-0.1, -0.05) is 28.1 Å². The van der Waals surface area contributed by atoms with Gasteiger partial charge in [0.1, 0.15) is 5.82 Å². The SMILES string of the molecule is Cn1nnnc1-c1cccc(NC(=O)c2ccc(Br)cc2F)c1. The Labute approximate surface area is 139 Å². The number of nitrogens with zero attached hydrogens (tertiary/aromatic N) is 4. The van der Waals surface area contributed by atoms with E-state index in [1.165, 1.54) is 16.8 Å². The molecule has 0 unspecified atom stereocenters. The van der Waals surface area contributed by atoms with Gasteiger partial charge in [-0.3, -0.25) is 4.79 Å². The molecule has 0 bridgehead atoms. The molecule has 23 heavy (non-hydrogen) atoms. The number of hydrogen-bond donors (Lipinski definition) is 1. The van der Waals surface area contributed by atoms with Crippen LogP contribution in [0, 0.1) is 5.82 Å². The van der Waals surface area contributed by atoms with Gasteiger partial charge in [0.15, 0.2) is 5.82 Å². The van der Waals surface area contributed by atoms with E-state index in [1.807, 2.05) is 6.07 Å². The Balaban J connectivity index is 1.86. The molecular formula is C15H11BrFN5O. The van der Waals surface area contributed by atoms with E-state index in [9.17, 15) is 9.18 Å². The summed E-state index contributed by atoms with van der Waals surface area (Å²) in [5.41, 5.74) is 1.24. The van der Waals surface area contributed by atoms with Crippen molar-refractivity contribution in [2.45, 2.75) is 0 Å². The van der Waals surface area contributed by atoms with Crippen molar-refractivity contribution in [3.05, 3.63) is 58.3 Å². The summed E-state index contributed by atoms with van der Waals surface area (Å²) in [5, 5.41) is 13.9. The summed E-state index contributed by atoms with van der Waals surface area (Å²) in [6.07, 6.45) is 0. The normalized spacial score (nSPS) is 10.6. The molecule has 0 aliphatic rings. The minimum atomic E-state index is -0.592. The number of tetrazole rings is 1. The van der Waals surface area contributed by atoms with Crippen LogP contribution in [0.25, 0.3) is 11.4 Å². The van der Waals surface area contributed by atoms with Crippen molar-refractivity contribution in [1.29, 1.82) is 0 Å². The van der Waals surface area contributed by atoms with Crippen molar-refractivity contribution in [3.63, 3.8) is 0 Å². The molecule has 0 spiro atoms. The van der Waals surface area contributed by atoms with Crippen molar-refractivity contribution < 1.29 is 9.18 Å². The molecule has 116 valence electrons. The second-order valence-electron chi connectivity index (χ2n) is 4.79. The summed E-state index contributed by atoms with van der Waals surface area (Å²) >= 11 is 3.16. The lowest BCUT2D eigenvalue weighted by atomic mass is 10.1. The van der Waals surface area contributed by atoms with Crippen LogP contribution in [0.4, 0.5) is 10.1 Å². The van der Waals surface area contributed by atoms with Crippen LogP contribution in [0.1, 0.15) is 10.4 Å². The number of aryl methyl sites for hydroxylation is 1. The predicted molar refractivity (Wildman–Crippen MR) is 86.3 cm³/mol. The van der Waals surface area contributed by atoms with E-state index in [0.29, 0.717) is 16.0 Å². The zero-order valence-corrected chi connectivity index (χ0v) is 13.6. The molecular weight excluding hydrogens is 365 g/mol. The van der Waals surface area contributed by atoms with Crippen LogP contribution in [-0.4, -0.2) is 26.1 Å². The molecule has 0 aliphatic heterocycles. The summed E-state index contributed by atoms with van der Waals surface area (Å²) in [5.74, 6) is -0.551. The average molecular weight is 376 g/mol. The minimum Gasteiger partial charge on any atom is -0.322 e. The molecule has 0 saturated carbocycles. The maximum absolute atomic E-state index is 13.8. The van der Waals surface area contributed by atoms with E-state index in [-0.39, 0.29) is 5.56 Å². The average Bonchev–Trinajstić information content (AvgIpc) is 2.93. The largest absolute Gasteiger partial charge is 0.322 e. The molecule has 2 aromatic carbocycles. The van der Waals surface area contributed by atoms with Gasteiger partial charge in [-0.15, -0.1) is 5.10 Å². The zero-order valence-electron chi connectivity index (χ0n) is 12.0. The molecule has 0 radical (unpaired) electrons. The molecule has 3 aromatic rings. The van der Waals surface area contributed by atoms with Gasteiger partial charge in [0.2, 0.25) is 0 Å². The zero-order chi connectivity index (χ0) is 16.4. The van der Waals surface area contributed by atoms with E-state index >= 15 is 0 Å². The second-order valence-corrected chi connectivity index (χ2v) is 5.70. The molecule has 0 saturated heterocycles. The van der Waals surface area contributed by atoms with Gasteiger partial charge in [0.25, 0.3) is 5.91 Å². The number of benzene rings is 2. The Hall–Kier alpha value is -2.61. The van der Waals surface area contributed by atoms with Crippen molar-refractivity contribution in [2.24, 2.45) is 7.05 Å². The Kier molecular flexibility index (Phi) is 4.16. The number of amides is 1. The fourth-order valence-electron chi connectivity index (χ4n) is 2.08. The number of aromatic nitrogens is 4. The maximum Gasteiger partial charge on any atom is 0.258 e. The standard InChI is InChI=1S/C15H11BrFN5O/c1-22-14(19-20-21-22)9-3-2-4-11(7-9)18-15(23)12-6-5-10(16)8-13(12)17/h2-8H,1H3,(H,18,23). The van der Waals surface area contributed by atoms with Crippen LogP contribution in [0.2, 0.25) is 0 Å². The molecule has 1 aromatic heterocycles. The van der Waals surface area contributed by atoms with Crippen LogP contribution in [-0.2, 0) is 7.05 Å². The molecule has 3 rings (SSSR count). The van der Waals surface area contributed by atoms with Crippen molar-refractivity contribution >= 4 is 27.5 Å². The fraction of sp³-hybridized carbons (Fsp3) is 0.0667. The number of anilines is 1. The fourth-order valence-corrected chi connectivity index (χ4v) is 2.42. The van der Waals surface area contributed by atoms with Gasteiger partial charge in [-0.05, 0) is 40.8 Å². The van der Waals surface area contributed by atoms with Crippen LogP contribution in [0.15, 0.2) is 46.9 Å². The van der Waals surface area contributed by atoms with E-state index in [0.717, 1.165) is 5.56 Å². The number of nitrogens with one attached hydrogen (secondary N) is 1.